The Hall–Kier alpha value is 44.3. The summed E-state index contributed by atoms with van der Waals surface area (Å²) >= 11 is 0. The second kappa shape index (κ2) is 80.2. The lowest BCUT2D eigenvalue weighted by atomic mass is 11.8. The van der Waals surface area contributed by atoms with Gasteiger partial charge in [0.1, 0.15) is 0 Å². The van der Waals surface area contributed by atoms with E-state index in [0.29, 0.717) is 0 Å². The van der Waals surface area contributed by atoms with E-state index in [2.05, 4.69) is 473 Å². The molecule has 0 aliphatic rings. The van der Waals surface area contributed by atoms with Crippen LogP contribution in [0, 0.1) is 0 Å². The molecule has 104 heavy (non-hydrogen) atoms. The molecule has 0 aliphatic heterocycles. The smallest absolute Gasteiger partial charge is 0.0860 e. The molecule has 0 fully saturated rings. The molecule has 0 heterocycles. The van der Waals surface area contributed by atoms with E-state index in [1.165, 1.54) is 0 Å². The average Bonchev–Trinajstić information content (AvgIpc) is 3.41. The average molecular weight is 3310 g/mol. The van der Waals surface area contributed by atoms with E-state index in [4.69, 9.17) is 0 Å². The summed E-state index contributed by atoms with van der Waals surface area (Å²) in [6.45, 7) is -24.4. The third-order valence-electron chi connectivity index (χ3n) is 9.70. The van der Waals surface area contributed by atoms with Crippen LogP contribution in [0.4, 0.5) is 0 Å². The highest BCUT2D eigenvalue weighted by molar-refractivity contribution is 9.49. The van der Waals surface area contributed by atoms with Crippen LogP contribution in [0.5, 0.6) is 0 Å². The normalized spacial score (nSPS) is 15.7. The third kappa shape index (κ3) is 49.3. The second-order valence-electron chi connectivity index (χ2n) is 16.9. The maximum absolute atomic E-state index is 4.04. The molecule has 0 amide bonds. The van der Waals surface area contributed by atoms with Crippen molar-refractivity contribution < 1.29 is 0 Å². The van der Waals surface area contributed by atoms with Gasteiger partial charge in [0, 0.05) is 0 Å². The van der Waals surface area contributed by atoms with E-state index in [9.17, 15) is 0 Å². The SMILES string of the molecule is PPP(P(P)P)P(P(P)P)P(P(P(P(P)P)P(P)P)P(P(P)P)P(P)P)C(P(P(P(P)P)P(P)P)P(P(P)P)P(P)P)(P(P(P(P(P)P)P(P)P)P(P(P)P)P(P)P)P(P(P(P)P)P(P)P)P(P(P)P)P(P)P)P(P(P(P(P)P)P(P)P)P(P(P)P)P(P)P)P(P(P(P)P)P(P)P)P(P(P)P)P(P)P. The fourth-order valence-corrected chi connectivity index (χ4v) is 1350. The third-order valence-corrected chi connectivity index (χ3v) is 689. The molecule has 57 unspecified atom stereocenters. The molecule has 0 aromatic heterocycles. The molecule has 0 saturated carbocycles. The van der Waals surface area contributed by atoms with Crippen molar-refractivity contribution in [2.75, 3.05) is 0 Å². The molecule has 0 N–H and O–H groups in total. The zero-order chi connectivity index (χ0) is 82.5. The van der Waals surface area contributed by atoms with Crippen molar-refractivity contribution in [3.63, 3.8) is 0 Å². The Morgan fingerprint density at radius 1 is 0.115 bits per heavy atom. The quantitative estimate of drug-likeness (QED) is 0.0533. The molecule has 0 aliphatic carbocycles. The van der Waals surface area contributed by atoms with Gasteiger partial charge >= 0.3 is 0 Å². The van der Waals surface area contributed by atoms with E-state index in [1.54, 1.807) is 0 Å². The van der Waals surface area contributed by atoms with E-state index in [-0.39, 0.29) is 4.38 Å². The summed E-state index contributed by atoms with van der Waals surface area (Å²) in [7, 11) is 203. The summed E-state index contributed by atoms with van der Waals surface area (Å²) in [6.07, 6.45) is 0. The van der Waals surface area contributed by atoms with Crippen LogP contribution in [-0.4, -0.2) is 4.38 Å². The maximum atomic E-state index is 4.04. The maximum Gasteiger partial charge on any atom is 0.0860 e. The molecule has 0 bridgehead atoms. The standard InChI is InChI=1S/CH107P103/c2-55-86(60(3)4)89(65(13)14)57(90(95(66(15)16)67(17)18)96(68(19)20)69(21)22)1(56(87(61(5)6)62(7)8)88(63(9)10)64(11)12,58(91(97(70(23)24)71(25)26)98(72(27)28)73(29)30)92(99(74(31)32)75(33)34)100(76(35)36)77(37)38)59(93(101(78(39)40)79(41)42)102(80(43)44)81(45)46)94(103(82(47)48)83(49)50)104(84(51)52)85(53)54/h55H,2-54H2. The van der Waals surface area contributed by atoms with Crippen molar-refractivity contribution in [2.24, 2.45) is 0 Å². The summed E-state index contributed by atoms with van der Waals surface area (Å²) in [5.41, 5.74) is 0. The molecule has 0 aromatic carbocycles. The Kier molecular flexibility index (Phi) is 114. The first-order valence-electron chi connectivity index (χ1n) is 23.8. The van der Waals surface area contributed by atoms with Gasteiger partial charge in [0.15, 0.2) is 0 Å². The first kappa shape index (κ1) is 148. The lowest BCUT2D eigenvalue weighted by molar-refractivity contribution is 1.87. The van der Waals surface area contributed by atoms with Crippen LogP contribution in [0.25, 0.3) is 0 Å². The first-order chi connectivity index (χ1) is 47.3. The highest BCUT2D eigenvalue weighted by atomic mass is 33.5. The van der Waals surface area contributed by atoms with Gasteiger partial charge in [-0.3, -0.25) is 0 Å². The lowest BCUT2D eigenvalue weighted by Crippen LogP contribution is -2.15. The second-order valence-corrected chi connectivity index (χ2v) is 431. The number of hydrogen-bond acceptors (Lipinski definition) is 0. The van der Waals surface area contributed by atoms with E-state index in [1.807, 2.05) is 0 Å². The summed E-state index contributed by atoms with van der Waals surface area (Å²) in [6, 6.07) is 0. The fourth-order valence-electron chi connectivity index (χ4n) is 7.00. The molecule has 57 atom stereocenters. The van der Waals surface area contributed by atoms with Gasteiger partial charge in [-0.25, -0.2) is 0 Å². The van der Waals surface area contributed by atoms with Crippen molar-refractivity contribution in [1.82, 2.24) is 0 Å². The lowest BCUT2D eigenvalue weighted by Gasteiger charge is -2.72. The Bertz CT molecular complexity index is 1800. The molecular formula is CH107P103. The molecule has 103 heteroatoms. The van der Waals surface area contributed by atoms with Gasteiger partial charge < -0.3 is 0 Å². The molecule has 0 radical (unpaired) electrons. The van der Waals surface area contributed by atoms with Crippen molar-refractivity contribution in [3.05, 3.63) is 0 Å². The van der Waals surface area contributed by atoms with Crippen LogP contribution < -0.4 is 0 Å². The Balaban J connectivity index is 16.0. The molecule has 0 aromatic rings. The van der Waals surface area contributed by atoms with Gasteiger partial charge in [-0.2, -0.15) is 0 Å². The monoisotopic (exact) mass is 3310 g/mol. The molecule has 626 valence electrons. The first-order valence-corrected chi connectivity index (χ1v) is 209. The summed E-state index contributed by atoms with van der Waals surface area (Å²) in [5.74, 6) is 0. The summed E-state index contributed by atoms with van der Waals surface area (Å²) < 4.78 is 0.173. The minimum absolute atomic E-state index is 0.173. The van der Waals surface area contributed by atoms with Gasteiger partial charge in [0.05, 0.1) is 4.38 Å². The minimum Gasteiger partial charge on any atom is -0.109 e. The highest BCUT2D eigenvalue weighted by Gasteiger charge is 2.77. The van der Waals surface area contributed by atoms with Gasteiger partial charge in [-0.05, 0) is 344 Å². The fraction of sp³-hybridized carbons (Fsp3) is 1.00. The minimum atomic E-state index is -0.828. The highest BCUT2D eigenvalue weighted by Crippen LogP contribution is 3.52. The van der Waals surface area contributed by atoms with Gasteiger partial charge in [-0.1, -0.05) is 7.96 Å². The number of rotatable bonds is 50. The van der Waals surface area contributed by atoms with E-state index in [0.717, 1.165) is 7.96 Å². The Labute approximate surface area is 815 Å². The van der Waals surface area contributed by atoms with Crippen molar-refractivity contribution in [1.29, 1.82) is 0 Å². The topological polar surface area (TPSA) is 0 Å². The molecular weight excluding hydrogens is 3200 g/mol. The Morgan fingerprint density at radius 2 is 0.212 bits per heavy atom. The van der Waals surface area contributed by atoms with Crippen LogP contribution in [0.15, 0.2) is 0 Å². The summed E-state index contributed by atoms with van der Waals surface area (Å²) in [4.78, 5) is 0. The number of hydrogen-bond donors (Lipinski definition) is 0. The van der Waals surface area contributed by atoms with E-state index >= 15 is 0 Å². The zero-order valence-electron chi connectivity index (χ0n) is 53.5. The van der Waals surface area contributed by atoms with Crippen molar-refractivity contribution in [3.8, 4) is 0 Å². The summed E-state index contributed by atoms with van der Waals surface area (Å²) in [5, 5.41) is 0. The zero-order valence-corrected chi connectivity index (χ0v) is 160. The van der Waals surface area contributed by atoms with E-state index < -0.39 is 344 Å². The molecule has 0 nitrogen and oxygen atoms in total. The van der Waals surface area contributed by atoms with Gasteiger partial charge in [-0.15, -0.1) is 473 Å². The predicted molar refractivity (Wildman–Crippen MR) is 865 cm³/mol. The van der Waals surface area contributed by atoms with Crippen molar-refractivity contribution in [2.45, 2.75) is 4.38 Å². The Morgan fingerprint density at radius 3 is 0.298 bits per heavy atom. The largest absolute Gasteiger partial charge is 0.109 e. The molecule has 0 spiro atoms. The van der Waals surface area contributed by atoms with Crippen LogP contribution in [0.2, 0.25) is 0 Å². The van der Waals surface area contributed by atoms with Crippen LogP contribution in [0.1, 0.15) is 0 Å². The van der Waals surface area contributed by atoms with Gasteiger partial charge in [0.25, 0.3) is 0 Å². The molecule has 0 rings (SSSR count). The van der Waals surface area contributed by atoms with Crippen molar-refractivity contribution >= 4 is 825 Å². The van der Waals surface area contributed by atoms with Crippen LogP contribution >= 0.6 is 825 Å². The van der Waals surface area contributed by atoms with Crippen LogP contribution in [0.3, 0.4) is 0 Å². The van der Waals surface area contributed by atoms with Crippen LogP contribution in [-0.2, 0) is 0 Å². The van der Waals surface area contributed by atoms with Gasteiger partial charge in [0.2, 0.25) is 0 Å². The molecule has 0 saturated heterocycles. The predicted octanol–water partition coefficient (Wildman–Crippen LogP) is 59.9.